The van der Waals surface area contributed by atoms with Gasteiger partial charge in [-0.3, -0.25) is 9.59 Å². The maximum absolute atomic E-state index is 11.6. The number of hydrogen-bond donors (Lipinski definition) is 4. The van der Waals surface area contributed by atoms with E-state index in [0.717, 1.165) is 38.8 Å². The van der Waals surface area contributed by atoms with Crippen molar-refractivity contribution >= 4 is 11.8 Å². The largest absolute Gasteiger partial charge is 0.353 e. The first-order chi connectivity index (χ1) is 8.77. The summed E-state index contributed by atoms with van der Waals surface area (Å²) in [5.74, 6) is 0.0847. The van der Waals surface area contributed by atoms with Crippen molar-refractivity contribution in [1.82, 2.24) is 21.3 Å². The Hall–Kier alpha value is -1.14. The van der Waals surface area contributed by atoms with Crippen LogP contribution in [0.2, 0.25) is 0 Å². The van der Waals surface area contributed by atoms with E-state index in [1.54, 1.807) is 0 Å². The number of amides is 2. The first kappa shape index (κ1) is 13.3. The Morgan fingerprint density at radius 1 is 0.889 bits per heavy atom. The summed E-state index contributed by atoms with van der Waals surface area (Å²) in [5.41, 5.74) is 0. The van der Waals surface area contributed by atoms with Crippen LogP contribution in [0.3, 0.4) is 0 Å². The topological polar surface area (TPSA) is 82.3 Å². The van der Waals surface area contributed by atoms with Crippen LogP contribution >= 0.6 is 0 Å². The maximum atomic E-state index is 11.6. The average molecular weight is 254 g/mol. The van der Waals surface area contributed by atoms with E-state index in [-0.39, 0.29) is 23.9 Å². The SMILES string of the molecule is O=C(NCCNC(=O)[C@@H]1CCCN1)[C@@H]1CCCN1. The molecular formula is C12H22N4O2. The van der Waals surface area contributed by atoms with E-state index >= 15 is 0 Å². The Bertz CT molecular complexity index is 266. The van der Waals surface area contributed by atoms with Gasteiger partial charge in [-0.1, -0.05) is 0 Å². The average Bonchev–Trinajstić information content (AvgIpc) is 3.05. The van der Waals surface area contributed by atoms with E-state index in [1.165, 1.54) is 0 Å². The van der Waals surface area contributed by atoms with Crippen LogP contribution in [-0.4, -0.2) is 50.1 Å². The van der Waals surface area contributed by atoms with Crippen molar-refractivity contribution in [2.75, 3.05) is 26.2 Å². The Kier molecular flexibility index (Phi) is 4.95. The van der Waals surface area contributed by atoms with Gasteiger partial charge in [-0.15, -0.1) is 0 Å². The third-order valence-electron chi connectivity index (χ3n) is 3.48. The molecule has 6 nitrogen and oxygen atoms in total. The molecule has 0 bridgehead atoms. The smallest absolute Gasteiger partial charge is 0.237 e. The van der Waals surface area contributed by atoms with Crippen molar-refractivity contribution in [2.45, 2.75) is 37.8 Å². The summed E-state index contributed by atoms with van der Waals surface area (Å²) in [6.07, 6.45) is 3.93. The molecule has 0 aromatic carbocycles. The molecule has 0 spiro atoms. The second-order valence-electron chi connectivity index (χ2n) is 4.88. The van der Waals surface area contributed by atoms with Crippen LogP contribution in [0.1, 0.15) is 25.7 Å². The zero-order valence-electron chi connectivity index (χ0n) is 10.6. The van der Waals surface area contributed by atoms with Crippen molar-refractivity contribution in [1.29, 1.82) is 0 Å². The molecule has 2 amide bonds. The molecule has 18 heavy (non-hydrogen) atoms. The molecule has 0 saturated carbocycles. The fourth-order valence-electron chi connectivity index (χ4n) is 2.43. The lowest BCUT2D eigenvalue weighted by atomic mass is 10.2. The molecule has 0 aromatic heterocycles. The van der Waals surface area contributed by atoms with Gasteiger partial charge in [0.2, 0.25) is 11.8 Å². The third-order valence-corrected chi connectivity index (χ3v) is 3.48. The zero-order chi connectivity index (χ0) is 12.8. The molecule has 0 aromatic rings. The van der Waals surface area contributed by atoms with Crippen molar-refractivity contribution in [3.8, 4) is 0 Å². The van der Waals surface area contributed by atoms with E-state index in [9.17, 15) is 9.59 Å². The van der Waals surface area contributed by atoms with Crippen LogP contribution in [0.25, 0.3) is 0 Å². The summed E-state index contributed by atoms with van der Waals surface area (Å²) in [4.78, 5) is 23.3. The fourth-order valence-corrected chi connectivity index (χ4v) is 2.43. The Morgan fingerprint density at radius 2 is 1.33 bits per heavy atom. The van der Waals surface area contributed by atoms with Crippen LogP contribution in [0.15, 0.2) is 0 Å². The van der Waals surface area contributed by atoms with E-state index in [0.29, 0.717) is 13.1 Å². The summed E-state index contributed by atoms with van der Waals surface area (Å²) in [6.45, 7) is 2.83. The third kappa shape index (κ3) is 3.68. The van der Waals surface area contributed by atoms with Gasteiger partial charge in [-0.05, 0) is 38.8 Å². The predicted octanol–water partition coefficient (Wildman–Crippen LogP) is -1.28. The standard InChI is InChI=1S/C12H22N4O2/c17-11(9-3-1-5-13-9)15-7-8-16-12(18)10-4-2-6-14-10/h9-10,13-14H,1-8H2,(H,15,17)(H,16,18)/t9-,10-/m0/s1. The Labute approximate surface area is 107 Å². The van der Waals surface area contributed by atoms with Gasteiger partial charge in [0.05, 0.1) is 12.1 Å². The summed E-state index contributed by atoms with van der Waals surface area (Å²) >= 11 is 0. The molecule has 0 unspecified atom stereocenters. The van der Waals surface area contributed by atoms with Gasteiger partial charge >= 0.3 is 0 Å². The molecule has 2 atom stereocenters. The van der Waals surface area contributed by atoms with E-state index in [4.69, 9.17) is 0 Å². The van der Waals surface area contributed by atoms with Gasteiger partial charge in [0.1, 0.15) is 0 Å². The molecule has 2 fully saturated rings. The van der Waals surface area contributed by atoms with Crippen molar-refractivity contribution in [3.05, 3.63) is 0 Å². The van der Waals surface area contributed by atoms with Crippen LogP contribution in [0.4, 0.5) is 0 Å². The normalized spacial score (nSPS) is 27.1. The quantitative estimate of drug-likeness (QED) is 0.461. The highest BCUT2D eigenvalue weighted by molar-refractivity contribution is 5.83. The number of hydrogen-bond acceptors (Lipinski definition) is 4. The first-order valence-corrected chi connectivity index (χ1v) is 6.79. The number of rotatable bonds is 5. The van der Waals surface area contributed by atoms with Crippen LogP contribution in [-0.2, 0) is 9.59 Å². The molecule has 4 N–H and O–H groups in total. The van der Waals surface area contributed by atoms with Crippen molar-refractivity contribution < 1.29 is 9.59 Å². The molecule has 2 aliphatic rings. The van der Waals surface area contributed by atoms with Gasteiger partial charge in [0.25, 0.3) is 0 Å². The summed E-state index contributed by atoms with van der Waals surface area (Å²) < 4.78 is 0. The fraction of sp³-hybridized carbons (Fsp3) is 0.833. The van der Waals surface area contributed by atoms with E-state index in [2.05, 4.69) is 21.3 Å². The lowest BCUT2D eigenvalue weighted by Crippen LogP contribution is -2.46. The summed E-state index contributed by atoms with van der Waals surface area (Å²) in [5, 5.41) is 12.0. The number of carbonyl (C=O) groups is 2. The summed E-state index contributed by atoms with van der Waals surface area (Å²) in [7, 11) is 0. The highest BCUT2D eigenvalue weighted by Crippen LogP contribution is 2.05. The minimum Gasteiger partial charge on any atom is -0.353 e. The second kappa shape index (κ2) is 6.70. The van der Waals surface area contributed by atoms with Crippen molar-refractivity contribution in [3.63, 3.8) is 0 Å². The Balaban J connectivity index is 1.55. The minimum absolute atomic E-state index is 0.0424. The molecule has 0 aliphatic carbocycles. The molecule has 6 heteroatoms. The lowest BCUT2D eigenvalue weighted by Gasteiger charge is -2.13. The van der Waals surface area contributed by atoms with Gasteiger partial charge in [-0.25, -0.2) is 0 Å². The van der Waals surface area contributed by atoms with Crippen LogP contribution < -0.4 is 21.3 Å². The van der Waals surface area contributed by atoms with Gasteiger partial charge in [-0.2, -0.15) is 0 Å². The van der Waals surface area contributed by atoms with Crippen molar-refractivity contribution in [2.24, 2.45) is 0 Å². The lowest BCUT2D eigenvalue weighted by molar-refractivity contribution is -0.124. The van der Waals surface area contributed by atoms with Gasteiger partial charge in [0, 0.05) is 13.1 Å². The van der Waals surface area contributed by atoms with E-state index < -0.39 is 0 Å². The molecule has 2 saturated heterocycles. The first-order valence-electron chi connectivity index (χ1n) is 6.79. The molecule has 2 rings (SSSR count). The van der Waals surface area contributed by atoms with Crippen LogP contribution in [0, 0.1) is 0 Å². The number of carbonyl (C=O) groups excluding carboxylic acids is 2. The summed E-state index contributed by atoms with van der Waals surface area (Å²) in [6, 6.07) is -0.0885. The highest BCUT2D eigenvalue weighted by atomic mass is 16.2. The molecule has 2 aliphatic heterocycles. The second-order valence-corrected chi connectivity index (χ2v) is 4.88. The minimum atomic E-state index is -0.0443. The Morgan fingerprint density at radius 3 is 1.67 bits per heavy atom. The number of nitrogens with one attached hydrogen (secondary N) is 4. The molecular weight excluding hydrogens is 232 g/mol. The molecule has 102 valence electrons. The van der Waals surface area contributed by atoms with Crippen LogP contribution in [0.5, 0.6) is 0 Å². The molecule has 2 heterocycles. The monoisotopic (exact) mass is 254 g/mol. The molecule has 0 radical (unpaired) electrons. The van der Waals surface area contributed by atoms with Gasteiger partial charge < -0.3 is 21.3 Å². The zero-order valence-corrected chi connectivity index (χ0v) is 10.6. The van der Waals surface area contributed by atoms with Gasteiger partial charge in [0.15, 0.2) is 0 Å². The predicted molar refractivity (Wildman–Crippen MR) is 68.1 cm³/mol. The van der Waals surface area contributed by atoms with E-state index in [1.807, 2.05) is 0 Å². The highest BCUT2D eigenvalue weighted by Gasteiger charge is 2.22. The maximum Gasteiger partial charge on any atom is 0.237 e.